The molecule has 1 aliphatic heterocycles. The topological polar surface area (TPSA) is 60.0 Å². The summed E-state index contributed by atoms with van der Waals surface area (Å²) in [5, 5.41) is 3.85. The van der Waals surface area contributed by atoms with Crippen LogP contribution in [0.15, 0.2) is 66.7 Å². The van der Waals surface area contributed by atoms with Gasteiger partial charge in [0.15, 0.2) is 5.11 Å². The molecule has 3 aromatic carbocycles. The molecule has 0 spiro atoms. The number of rotatable bonds is 9. The quantitative estimate of drug-likeness (QED) is 0.258. The smallest absolute Gasteiger partial charge is 0.257 e. The number of fused-ring (bicyclic) bond motifs is 1. The number of hydrogen-bond acceptors (Lipinski definition) is 5. The van der Waals surface area contributed by atoms with E-state index in [0.29, 0.717) is 33.7 Å². The van der Waals surface area contributed by atoms with Crippen molar-refractivity contribution in [3.8, 4) is 17.2 Å². The van der Waals surface area contributed by atoms with Crippen LogP contribution in [0, 0.1) is 0 Å². The van der Waals surface area contributed by atoms with Crippen LogP contribution in [0.4, 0.5) is 5.69 Å². The lowest BCUT2D eigenvalue weighted by molar-refractivity contribution is -0.00265. The molecular formula is C28H29ClN2O4S. The molecule has 8 heteroatoms. The fraction of sp³-hybridized carbons (Fsp3) is 0.286. The van der Waals surface area contributed by atoms with Gasteiger partial charge in [0.25, 0.3) is 5.91 Å². The van der Waals surface area contributed by atoms with Crippen LogP contribution < -0.4 is 24.4 Å². The van der Waals surface area contributed by atoms with Crippen molar-refractivity contribution >= 4 is 40.5 Å². The molecule has 1 aliphatic rings. The summed E-state index contributed by atoms with van der Waals surface area (Å²) < 4.78 is 17.7. The maximum atomic E-state index is 12.7. The van der Waals surface area contributed by atoms with E-state index < -0.39 is 6.29 Å². The van der Waals surface area contributed by atoms with Gasteiger partial charge in [0, 0.05) is 29.1 Å². The first-order valence-corrected chi connectivity index (χ1v) is 12.7. The molecule has 1 N–H and O–H groups in total. The van der Waals surface area contributed by atoms with Crippen LogP contribution in [0.2, 0.25) is 5.02 Å². The first kappa shape index (κ1) is 25.8. The number of hydrogen-bond donors (Lipinski definition) is 1. The van der Waals surface area contributed by atoms with Crippen molar-refractivity contribution in [2.75, 3.05) is 18.6 Å². The number of halogens is 1. The first-order chi connectivity index (χ1) is 17.5. The maximum Gasteiger partial charge on any atom is 0.257 e. The van der Waals surface area contributed by atoms with E-state index in [9.17, 15) is 4.79 Å². The molecule has 0 radical (unpaired) electrons. The minimum Gasteiger partial charge on any atom is -0.497 e. The van der Waals surface area contributed by atoms with E-state index in [2.05, 4.69) is 12.2 Å². The second kappa shape index (κ2) is 12.1. The van der Waals surface area contributed by atoms with Gasteiger partial charge in [-0.25, -0.2) is 0 Å². The molecule has 0 aromatic heterocycles. The summed E-state index contributed by atoms with van der Waals surface area (Å²) in [6.45, 7) is 2.79. The average Bonchev–Trinajstić information content (AvgIpc) is 3.34. The van der Waals surface area contributed by atoms with Crippen molar-refractivity contribution in [1.29, 1.82) is 0 Å². The van der Waals surface area contributed by atoms with Crippen molar-refractivity contribution in [1.82, 2.24) is 5.32 Å². The highest BCUT2D eigenvalue weighted by atomic mass is 35.5. The lowest BCUT2D eigenvalue weighted by Crippen LogP contribution is -2.41. The Morgan fingerprint density at radius 3 is 2.47 bits per heavy atom. The number of anilines is 1. The molecule has 1 heterocycles. The monoisotopic (exact) mass is 524 g/mol. The Labute approximate surface area is 222 Å². The molecule has 0 saturated carbocycles. The number of nitrogens with zero attached hydrogens (tertiary/aromatic N) is 1. The Bertz CT molecular complexity index is 1200. The number of amides is 1. The number of carbonyl (C=O) groups excluding carboxylic acids is 1. The van der Waals surface area contributed by atoms with Gasteiger partial charge in [-0.1, -0.05) is 31.0 Å². The molecule has 6 nitrogen and oxygen atoms in total. The van der Waals surface area contributed by atoms with Gasteiger partial charge in [-0.2, -0.15) is 0 Å². The third-order valence-corrected chi connectivity index (χ3v) is 6.51. The van der Waals surface area contributed by atoms with Crippen LogP contribution in [0.5, 0.6) is 17.2 Å². The van der Waals surface area contributed by atoms with E-state index in [-0.39, 0.29) is 5.91 Å². The van der Waals surface area contributed by atoms with Crippen molar-refractivity contribution in [2.24, 2.45) is 0 Å². The zero-order chi connectivity index (χ0) is 25.5. The summed E-state index contributed by atoms with van der Waals surface area (Å²) in [5.41, 5.74) is 2.47. The average molecular weight is 525 g/mol. The molecule has 0 saturated heterocycles. The molecule has 0 fully saturated rings. The fourth-order valence-corrected chi connectivity index (χ4v) is 4.43. The zero-order valence-electron chi connectivity index (χ0n) is 20.3. The molecule has 0 aliphatic carbocycles. The summed E-state index contributed by atoms with van der Waals surface area (Å²) in [5.74, 6) is 1.89. The molecule has 1 amide bonds. The van der Waals surface area contributed by atoms with Crippen LogP contribution in [0.1, 0.15) is 42.1 Å². The standard InChI is InChI=1S/C28H29ClN2O4S/c1-3-4-8-26(34-22-15-11-20(29)12-16-22)35-25-7-5-6-24-23(25)17-18-31(24)28(36)30-27(32)19-9-13-21(33-2)14-10-19/h5-7,9-16,26H,3-4,8,17-18H2,1-2H3,(H,30,32,36). The van der Waals surface area contributed by atoms with Gasteiger partial charge in [0.2, 0.25) is 6.29 Å². The molecule has 188 valence electrons. The Kier molecular flexibility index (Phi) is 8.67. The molecule has 3 aromatic rings. The third kappa shape index (κ3) is 6.28. The van der Waals surface area contributed by atoms with Gasteiger partial charge >= 0.3 is 0 Å². The van der Waals surface area contributed by atoms with Gasteiger partial charge in [-0.05, 0) is 85.7 Å². The van der Waals surface area contributed by atoms with E-state index in [1.807, 2.05) is 35.2 Å². The van der Waals surface area contributed by atoms with Crippen LogP contribution in [-0.2, 0) is 6.42 Å². The van der Waals surface area contributed by atoms with E-state index in [1.165, 1.54) is 0 Å². The highest BCUT2D eigenvalue weighted by Crippen LogP contribution is 2.36. The van der Waals surface area contributed by atoms with E-state index >= 15 is 0 Å². The van der Waals surface area contributed by atoms with Crippen LogP contribution in [0.3, 0.4) is 0 Å². The first-order valence-electron chi connectivity index (χ1n) is 12.0. The molecular weight excluding hydrogens is 496 g/mol. The highest BCUT2D eigenvalue weighted by Gasteiger charge is 2.27. The molecule has 4 rings (SSSR count). The van der Waals surface area contributed by atoms with Gasteiger partial charge < -0.3 is 19.1 Å². The number of carbonyl (C=O) groups is 1. The van der Waals surface area contributed by atoms with Crippen molar-refractivity contribution in [3.63, 3.8) is 0 Å². The minimum absolute atomic E-state index is 0.264. The lowest BCUT2D eigenvalue weighted by atomic mass is 10.1. The van der Waals surface area contributed by atoms with Crippen molar-refractivity contribution in [2.45, 2.75) is 38.9 Å². The van der Waals surface area contributed by atoms with Crippen LogP contribution in [-0.4, -0.2) is 31.0 Å². The lowest BCUT2D eigenvalue weighted by Gasteiger charge is -2.23. The Balaban J connectivity index is 1.46. The fourth-order valence-electron chi connectivity index (χ4n) is 4.02. The summed E-state index contributed by atoms with van der Waals surface area (Å²) in [4.78, 5) is 14.6. The summed E-state index contributed by atoms with van der Waals surface area (Å²) in [6.07, 6.45) is 3.07. The number of unbranched alkanes of at least 4 members (excludes halogenated alkanes) is 1. The van der Waals surface area contributed by atoms with E-state index in [0.717, 1.165) is 42.7 Å². The normalized spacial score (nSPS) is 13.0. The number of ether oxygens (including phenoxy) is 3. The van der Waals surface area contributed by atoms with E-state index in [4.69, 9.17) is 38.0 Å². The number of thiocarbonyl (C=S) groups is 1. The van der Waals surface area contributed by atoms with Crippen molar-refractivity contribution < 1.29 is 19.0 Å². The summed E-state index contributed by atoms with van der Waals surface area (Å²) in [6, 6.07) is 20.0. The molecule has 1 atom stereocenters. The van der Waals surface area contributed by atoms with Gasteiger partial charge in [-0.15, -0.1) is 0 Å². The highest BCUT2D eigenvalue weighted by molar-refractivity contribution is 7.80. The number of nitrogens with one attached hydrogen (secondary N) is 1. The minimum atomic E-state index is -0.437. The van der Waals surface area contributed by atoms with Crippen LogP contribution in [0.25, 0.3) is 0 Å². The third-order valence-electron chi connectivity index (χ3n) is 5.94. The SMILES string of the molecule is CCCCC(Oc1ccc(Cl)cc1)Oc1cccc2c1CCN2C(=S)NC(=O)c1ccc(OC)cc1. The van der Waals surface area contributed by atoms with Crippen molar-refractivity contribution in [3.05, 3.63) is 82.9 Å². The predicted molar refractivity (Wildman–Crippen MR) is 147 cm³/mol. The summed E-state index contributed by atoms with van der Waals surface area (Å²) in [7, 11) is 1.59. The second-order valence-electron chi connectivity index (χ2n) is 8.40. The van der Waals surface area contributed by atoms with Crippen LogP contribution >= 0.6 is 23.8 Å². The largest absolute Gasteiger partial charge is 0.497 e. The second-order valence-corrected chi connectivity index (χ2v) is 9.23. The zero-order valence-corrected chi connectivity index (χ0v) is 21.9. The predicted octanol–water partition coefficient (Wildman–Crippen LogP) is 6.40. The number of benzene rings is 3. The van der Waals surface area contributed by atoms with Gasteiger partial charge in [0.05, 0.1) is 12.8 Å². The number of methoxy groups -OCH3 is 1. The molecule has 1 unspecified atom stereocenters. The van der Waals surface area contributed by atoms with E-state index in [1.54, 1.807) is 43.5 Å². The van der Waals surface area contributed by atoms with Gasteiger partial charge in [0.1, 0.15) is 17.2 Å². The Hall–Kier alpha value is -3.29. The molecule has 0 bridgehead atoms. The Morgan fingerprint density at radius 1 is 1.06 bits per heavy atom. The summed E-state index contributed by atoms with van der Waals surface area (Å²) >= 11 is 11.6. The Morgan fingerprint density at radius 2 is 1.78 bits per heavy atom. The maximum absolute atomic E-state index is 12.7. The molecule has 36 heavy (non-hydrogen) atoms. The van der Waals surface area contributed by atoms with Gasteiger partial charge in [-0.3, -0.25) is 10.1 Å².